The van der Waals surface area contributed by atoms with Crippen LogP contribution in [0.15, 0.2) is 6.07 Å². The third kappa shape index (κ3) is 2.90. The first-order chi connectivity index (χ1) is 9.57. The molecule has 1 aliphatic carbocycles. The van der Waals surface area contributed by atoms with E-state index in [1.54, 1.807) is 16.2 Å². The lowest BCUT2D eigenvalue weighted by Gasteiger charge is -2.28. The molecule has 3 rings (SSSR count). The Kier molecular flexibility index (Phi) is 4.11. The van der Waals surface area contributed by atoms with Crippen LogP contribution in [0.25, 0.3) is 0 Å². The zero-order valence-corrected chi connectivity index (χ0v) is 13.5. The number of fused-ring (bicyclic) bond motifs is 1. The summed E-state index contributed by atoms with van der Waals surface area (Å²) in [5, 5.41) is 10.4. The molecule has 0 unspecified atom stereocenters. The second-order valence-corrected chi connectivity index (χ2v) is 8.20. The second kappa shape index (κ2) is 5.70. The summed E-state index contributed by atoms with van der Waals surface area (Å²) in [6.45, 7) is 0.461. The van der Waals surface area contributed by atoms with E-state index in [-0.39, 0.29) is 5.91 Å². The highest BCUT2D eigenvalue weighted by molar-refractivity contribution is 7.98. The number of thioether (sulfide) groups is 1. The van der Waals surface area contributed by atoms with Crippen molar-refractivity contribution in [1.82, 2.24) is 4.90 Å². The summed E-state index contributed by atoms with van der Waals surface area (Å²) in [7, 11) is 1.81. The molecule has 0 atom stereocenters. The first-order valence-corrected chi connectivity index (χ1v) is 9.22. The average Bonchev–Trinajstić information content (AvgIpc) is 3.03. The second-order valence-electron chi connectivity index (χ2n) is 5.95. The van der Waals surface area contributed by atoms with Gasteiger partial charge >= 0.3 is 0 Å². The minimum Gasteiger partial charge on any atom is -0.388 e. The number of rotatable bonds is 3. The Labute approximate surface area is 128 Å². The van der Waals surface area contributed by atoms with Crippen molar-refractivity contribution in [1.29, 1.82) is 0 Å². The molecule has 1 N–H and O–H groups in total. The fraction of sp³-hybridized carbons (Fsp3) is 0.667. The van der Waals surface area contributed by atoms with Crippen LogP contribution in [0.4, 0.5) is 0 Å². The maximum atomic E-state index is 12.5. The van der Waals surface area contributed by atoms with Crippen molar-refractivity contribution in [3.63, 3.8) is 0 Å². The fourth-order valence-electron chi connectivity index (χ4n) is 3.15. The monoisotopic (exact) mass is 311 g/mol. The van der Waals surface area contributed by atoms with Crippen molar-refractivity contribution < 1.29 is 9.90 Å². The fourth-order valence-corrected chi connectivity index (χ4v) is 5.51. The van der Waals surface area contributed by atoms with Gasteiger partial charge in [0.05, 0.1) is 10.5 Å². The molecule has 0 saturated heterocycles. The highest BCUT2D eigenvalue weighted by atomic mass is 32.2. The van der Waals surface area contributed by atoms with Crippen molar-refractivity contribution >= 4 is 29.0 Å². The normalized spacial score (nSPS) is 20.7. The molecule has 0 bridgehead atoms. The van der Waals surface area contributed by atoms with Gasteiger partial charge in [-0.05, 0) is 36.6 Å². The molecule has 1 saturated carbocycles. The molecule has 0 radical (unpaired) electrons. The Hall–Kier alpha value is -0.520. The third-order valence-electron chi connectivity index (χ3n) is 4.25. The van der Waals surface area contributed by atoms with Gasteiger partial charge in [0.2, 0.25) is 0 Å². The molecule has 110 valence electrons. The summed E-state index contributed by atoms with van der Waals surface area (Å²) >= 11 is 3.58. The van der Waals surface area contributed by atoms with Gasteiger partial charge in [-0.3, -0.25) is 4.79 Å². The number of likely N-dealkylation sites (N-methyl/N-ethyl adjacent to an activating group) is 1. The molecule has 1 aromatic heterocycles. The molecule has 20 heavy (non-hydrogen) atoms. The smallest absolute Gasteiger partial charge is 0.263 e. The van der Waals surface area contributed by atoms with Crippen molar-refractivity contribution in [2.75, 3.05) is 19.3 Å². The number of hydrogen-bond acceptors (Lipinski definition) is 4. The van der Waals surface area contributed by atoms with Crippen molar-refractivity contribution in [2.24, 2.45) is 0 Å². The summed E-state index contributed by atoms with van der Waals surface area (Å²) in [6.07, 6.45) is 4.88. The Morgan fingerprint density at radius 2 is 2.20 bits per heavy atom. The van der Waals surface area contributed by atoms with E-state index in [4.69, 9.17) is 0 Å². The van der Waals surface area contributed by atoms with Crippen LogP contribution in [0, 0.1) is 0 Å². The average molecular weight is 311 g/mol. The van der Waals surface area contributed by atoms with Crippen LogP contribution >= 0.6 is 23.1 Å². The Morgan fingerprint density at radius 3 is 2.90 bits per heavy atom. The van der Waals surface area contributed by atoms with Crippen molar-refractivity contribution in [3.8, 4) is 0 Å². The first-order valence-electron chi connectivity index (χ1n) is 7.25. The van der Waals surface area contributed by atoms with Gasteiger partial charge in [-0.2, -0.15) is 11.8 Å². The Morgan fingerprint density at radius 1 is 1.45 bits per heavy atom. The zero-order chi connectivity index (χ0) is 14.2. The van der Waals surface area contributed by atoms with Crippen LogP contribution in [0.1, 0.15) is 45.8 Å². The Bertz CT molecular complexity index is 482. The molecule has 2 heterocycles. The van der Waals surface area contributed by atoms with Gasteiger partial charge < -0.3 is 10.0 Å². The largest absolute Gasteiger partial charge is 0.388 e. The lowest BCUT2D eigenvalue weighted by atomic mass is 10.0. The summed E-state index contributed by atoms with van der Waals surface area (Å²) in [4.78, 5) is 16.4. The third-order valence-corrected chi connectivity index (χ3v) is 6.48. The predicted molar refractivity (Wildman–Crippen MR) is 84.6 cm³/mol. The number of amides is 1. The summed E-state index contributed by atoms with van der Waals surface area (Å²) in [5.74, 6) is 2.26. The van der Waals surface area contributed by atoms with E-state index < -0.39 is 5.60 Å². The van der Waals surface area contributed by atoms with Crippen LogP contribution in [0.5, 0.6) is 0 Å². The van der Waals surface area contributed by atoms with Crippen LogP contribution in [0.2, 0.25) is 0 Å². The highest BCUT2D eigenvalue weighted by Gasteiger charge is 2.34. The molecule has 1 amide bonds. The van der Waals surface area contributed by atoms with Crippen molar-refractivity contribution in [3.05, 3.63) is 21.4 Å². The highest BCUT2D eigenvalue weighted by Crippen LogP contribution is 2.33. The number of thiophene rings is 1. The topological polar surface area (TPSA) is 40.5 Å². The van der Waals surface area contributed by atoms with Gasteiger partial charge in [0.25, 0.3) is 5.91 Å². The minimum absolute atomic E-state index is 0.0646. The SMILES string of the molecule is CN(CC1(O)CCCC1)C(=O)c1cc2c(s1)CCSC2. The molecular weight excluding hydrogens is 290 g/mol. The van der Waals surface area contributed by atoms with Gasteiger partial charge in [0.1, 0.15) is 0 Å². The van der Waals surface area contributed by atoms with Crippen molar-refractivity contribution in [2.45, 2.75) is 43.5 Å². The van der Waals surface area contributed by atoms with Gasteiger partial charge in [-0.15, -0.1) is 11.3 Å². The van der Waals surface area contributed by atoms with E-state index in [0.717, 1.165) is 48.5 Å². The summed E-state index contributed by atoms with van der Waals surface area (Å²) in [5.41, 5.74) is 0.680. The quantitative estimate of drug-likeness (QED) is 0.933. The van der Waals surface area contributed by atoms with E-state index in [1.165, 1.54) is 10.4 Å². The molecule has 1 aromatic rings. The van der Waals surface area contributed by atoms with Crippen LogP contribution in [0.3, 0.4) is 0 Å². The number of nitrogens with zero attached hydrogens (tertiary/aromatic N) is 1. The molecule has 0 spiro atoms. The van der Waals surface area contributed by atoms with Crippen LogP contribution in [-0.2, 0) is 12.2 Å². The zero-order valence-electron chi connectivity index (χ0n) is 11.9. The van der Waals surface area contributed by atoms with E-state index in [1.807, 2.05) is 18.8 Å². The van der Waals surface area contributed by atoms with E-state index in [0.29, 0.717) is 6.54 Å². The maximum absolute atomic E-state index is 12.5. The van der Waals surface area contributed by atoms with E-state index in [9.17, 15) is 9.90 Å². The van der Waals surface area contributed by atoms with E-state index in [2.05, 4.69) is 6.07 Å². The molecule has 5 heteroatoms. The van der Waals surface area contributed by atoms with E-state index >= 15 is 0 Å². The molecular formula is C15H21NO2S2. The molecule has 1 aliphatic heterocycles. The molecule has 0 aromatic carbocycles. The lowest BCUT2D eigenvalue weighted by Crippen LogP contribution is -2.41. The summed E-state index contributed by atoms with van der Waals surface area (Å²) < 4.78 is 0. The van der Waals surface area contributed by atoms with Crippen LogP contribution < -0.4 is 0 Å². The number of carbonyl (C=O) groups excluding carboxylic acids is 1. The van der Waals surface area contributed by atoms with Gasteiger partial charge in [0.15, 0.2) is 0 Å². The molecule has 3 nitrogen and oxygen atoms in total. The number of hydrogen-bond donors (Lipinski definition) is 1. The first kappa shape index (κ1) is 14.4. The van der Waals surface area contributed by atoms with Gasteiger partial charge in [-0.1, -0.05) is 12.8 Å². The standard InChI is InChI=1S/C15H21NO2S2/c1-16(10-15(18)5-2-3-6-15)14(17)13-8-11-9-19-7-4-12(11)20-13/h8,18H,2-7,9-10H2,1H3. The number of aryl methyl sites for hydroxylation is 1. The minimum atomic E-state index is -0.656. The number of aliphatic hydroxyl groups is 1. The maximum Gasteiger partial charge on any atom is 0.263 e. The van der Waals surface area contributed by atoms with Gasteiger partial charge in [0, 0.05) is 24.2 Å². The number of carbonyl (C=O) groups is 1. The van der Waals surface area contributed by atoms with Gasteiger partial charge in [-0.25, -0.2) is 0 Å². The predicted octanol–water partition coefficient (Wildman–Crippen LogP) is 2.91. The Balaban J connectivity index is 1.70. The molecule has 1 fully saturated rings. The van der Waals surface area contributed by atoms with Crippen LogP contribution in [-0.4, -0.2) is 40.9 Å². The summed E-state index contributed by atoms with van der Waals surface area (Å²) in [6, 6.07) is 2.06. The lowest BCUT2D eigenvalue weighted by molar-refractivity contribution is 0.0158. The molecule has 2 aliphatic rings.